The fourth-order valence-corrected chi connectivity index (χ4v) is 2.10. The van der Waals surface area contributed by atoms with E-state index in [0.717, 1.165) is 12.8 Å². The number of carbonyl (C=O) groups excluding carboxylic acids is 1. The van der Waals surface area contributed by atoms with Crippen molar-refractivity contribution in [2.45, 2.75) is 45.1 Å². The van der Waals surface area contributed by atoms with Gasteiger partial charge in [0.1, 0.15) is 0 Å². The molecular weight excluding hydrogens is 206 g/mol. The summed E-state index contributed by atoms with van der Waals surface area (Å²) in [6.07, 6.45) is 4.40. The van der Waals surface area contributed by atoms with Crippen LogP contribution < -0.4 is 0 Å². The third-order valence-corrected chi connectivity index (χ3v) is 3.24. The Morgan fingerprint density at radius 1 is 1.31 bits per heavy atom. The molecule has 4 heteroatoms. The number of aliphatic hydroxyl groups is 2. The Labute approximate surface area is 97.3 Å². The van der Waals surface area contributed by atoms with Crippen molar-refractivity contribution in [3.63, 3.8) is 0 Å². The first-order valence-corrected chi connectivity index (χ1v) is 6.25. The monoisotopic (exact) mass is 229 g/mol. The molecule has 0 aromatic heterocycles. The third kappa shape index (κ3) is 3.76. The van der Waals surface area contributed by atoms with Crippen LogP contribution in [-0.2, 0) is 4.79 Å². The normalized spacial score (nSPS) is 25.1. The molecule has 0 radical (unpaired) electrons. The van der Waals surface area contributed by atoms with Gasteiger partial charge in [0.15, 0.2) is 0 Å². The summed E-state index contributed by atoms with van der Waals surface area (Å²) in [5.41, 5.74) is 0. The highest BCUT2D eigenvalue weighted by Gasteiger charge is 2.32. The maximum Gasteiger partial charge on any atom is 0.222 e. The van der Waals surface area contributed by atoms with Crippen molar-refractivity contribution in [1.82, 2.24) is 4.90 Å². The molecule has 16 heavy (non-hydrogen) atoms. The number of likely N-dealkylation sites (tertiary alicyclic amines) is 1. The Hall–Kier alpha value is -0.610. The number of aliphatic hydroxyl groups excluding tert-OH is 2. The van der Waals surface area contributed by atoms with Crippen molar-refractivity contribution in [3.05, 3.63) is 0 Å². The van der Waals surface area contributed by atoms with E-state index >= 15 is 0 Å². The second kappa shape index (κ2) is 6.86. The van der Waals surface area contributed by atoms with Crippen LogP contribution in [0.1, 0.15) is 39.0 Å². The summed E-state index contributed by atoms with van der Waals surface area (Å²) in [6, 6.07) is 0. The molecule has 0 spiro atoms. The van der Waals surface area contributed by atoms with Gasteiger partial charge in [0.2, 0.25) is 5.91 Å². The van der Waals surface area contributed by atoms with Crippen molar-refractivity contribution in [2.24, 2.45) is 5.92 Å². The van der Waals surface area contributed by atoms with Crippen LogP contribution in [0.5, 0.6) is 0 Å². The summed E-state index contributed by atoms with van der Waals surface area (Å²) in [5, 5.41) is 18.5. The molecule has 1 amide bonds. The van der Waals surface area contributed by atoms with Crippen LogP contribution >= 0.6 is 0 Å². The van der Waals surface area contributed by atoms with Gasteiger partial charge in [-0.05, 0) is 6.42 Å². The highest BCUT2D eigenvalue weighted by molar-refractivity contribution is 5.76. The number of β-amino-alcohol motifs (C(OH)–C–C–N with tert-alkyl or cyclic N) is 1. The summed E-state index contributed by atoms with van der Waals surface area (Å²) in [6.45, 7) is 2.99. The highest BCUT2D eigenvalue weighted by Crippen LogP contribution is 2.18. The first kappa shape index (κ1) is 13.5. The summed E-state index contributed by atoms with van der Waals surface area (Å²) >= 11 is 0. The number of nitrogens with zero attached hydrogens (tertiary/aromatic N) is 1. The van der Waals surface area contributed by atoms with Gasteiger partial charge in [0, 0.05) is 25.4 Å². The molecule has 1 heterocycles. The highest BCUT2D eigenvalue weighted by atomic mass is 16.3. The molecule has 1 fully saturated rings. The summed E-state index contributed by atoms with van der Waals surface area (Å²) in [7, 11) is 0. The van der Waals surface area contributed by atoms with Gasteiger partial charge < -0.3 is 15.1 Å². The standard InChI is InChI=1S/C12H23NO3/c1-2-3-4-5-6-12(16)13-7-10(9-14)11(15)8-13/h10-11,14-15H,2-9H2,1H3. The SMILES string of the molecule is CCCCCCC(=O)N1CC(O)C(CO)C1. The molecule has 1 saturated heterocycles. The molecule has 94 valence electrons. The number of unbranched alkanes of at least 4 members (excludes halogenated alkanes) is 3. The zero-order chi connectivity index (χ0) is 12.0. The number of hydrogen-bond acceptors (Lipinski definition) is 3. The number of rotatable bonds is 6. The molecule has 0 saturated carbocycles. The molecule has 2 atom stereocenters. The van der Waals surface area contributed by atoms with E-state index < -0.39 is 6.10 Å². The van der Waals surface area contributed by atoms with Gasteiger partial charge in [0.25, 0.3) is 0 Å². The third-order valence-electron chi connectivity index (χ3n) is 3.24. The minimum absolute atomic E-state index is 0.0409. The van der Waals surface area contributed by atoms with Gasteiger partial charge in [-0.1, -0.05) is 26.2 Å². The smallest absolute Gasteiger partial charge is 0.222 e. The van der Waals surface area contributed by atoms with Crippen LogP contribution in [0.2, 0.25) is 0 Å². The minimum atomic E-state index is -0.551. The van der Waals surface area contributed by atoms with Crippen LogP contribution in [0.3, 0.4) is 0 Å². The fourth-order valence-electron chi connectivity index (χ4n) is 2.10. The van der Waals surface area contributed by atoms with Gasteiger partial charge in [-0.2, -0.15) is 0 Å². The summed E-state index contributed by atoms with van der Waals surface area (Å²) in [4.78, 5) is 13.4. The van der Waals surface area contributed by atoms with Gasteiger partial charge in [-0.15, -0.1) is 0 Å². The zero-order valence-corrected chi connectivity index (χ0v) is 10.1. The lowest BCUT2D eigenvalue weighted by Crippen LogP contribution is -2.29. The van der Waals surface area contributed by atoms with E-state index in [2.05, 4.69) is 6.92 Å². The lowest BCUT2D eigenvalue weighted by molar-refractivity contribution is -0.130. The predicted molar refractivity (Wildman–Crippen MR) is 61.9 cm³/mol. The fraction of sp³-hybridized carbons (Fsp3) is 0.917. The Kier molecular flexibility index (Phi) is 5.77. The van der Waals surface area contributed by atoms with Crippen molar-refractivity contribution in [2.75, 3.05) is 19.7 Å². The summed E-state index contributed by atoms with van der Waals surface area (Å²) < 4.78 is 0. The molecule has 1 aliphatic heterocycles. The molecule has 1 aliphatic rings. The maximum absolute atomic E-state index is 11.7. The van der Waals surface area contributed by atoms with Crippen LogP contribution in [0.15, 0.2) is 0 Å². The molecule has 2 N–H and O–H groups in total. The predicted octanol–water partition coefficient (Wildman–Crippen LogP) is 0.768. The van der Waals surface area contributed by atoms with Gasteiger partial charge >= 0.3 is 0 Å². The van der Waals surface area contributed by atoms with Gasteiger partial charge in [-0.25, -0.2) is 0 Å². The van der Waals surface area contributed by atoms with Crippen molar-refractivity contribution in [3.8, 4) is 0 Å². The Morgan fingerprint density at radius 2 is 2.06 bits per heavy atom. The Balaban J connectivity index is 2.22. The van der Waals surface area contributed by atoms with E-state index in [1.807, 2.05) is 0 Å². The molecule has 0 bridgehead atoms. The van der Waals surface area contributed by atoms with E-state index in [0.29, 0.717) is 19.5 Å². The van der Waals surface area contributed by atoms with E-state index in [9.17, 15) is 9.90 Å². The minimum Gasteiger partial charge on any atom is -0.396 e. The molecule has 1 rings (SSSR count). The van der Waals surface area contributed by atoms with E-state index in [1.54, 1.807) is 4.90 Å². The first-order valence-electron chi connectivity index (χ1n) is 6.25. The van der Waals surface area contributed by atoms with Crippen LogP contribution in [0.25, 0.3) is 0 Å². The molecular formula is C12H23NO3. The Morgan fingerprint density at radius 3 is 2.62 bits per heavy atom. The lowest BCUT2D eigenvalue weighted by atomic mass is 10.1. The molecule has 2 unspecified atom stereocenters. The van der Waals surface area contributed by atoms with Crippen molar-refractivity contribution < 1.29 is 15.0 Å². The maximum atomic E-state index is 11.7. The van der Waals surface area contributed by atoms with Gasteiger partial charge in [0.05, 0.1) is 12.7 Å². The molecule has 0 aliphatic carbocycles. The quantitative estimate of drug-likeness (QED) is 0.661. The van der Waals surface area contributed by atoms with Crippen LogP contribution in [0.4, 0.5) is 0 Å². The number of amides is 1. The number of carbonyl (C=O) groups is 1. The van der Waals surface area contributed by atoms with E-state index in [4.69, 9.17) is 5.11 Å². The average molecular weight is 229 g/mol. The molecule has 0 aromatic carbocycles. The van der Waals surface area contributed by atoms with Crippen molar-refractivity contribution >= 4 is 5.91 Å². The van der Waals surface area contributed by atoms with E-state index in [-0.39, 0.29) is 18.4 Å². The average Bonchev–Trinajstić information content (AvgIpc) is 2.66. The second-order valence-corrected chi connectivity index (χ2v) is 4.62. The molecule has 4 nitrogen and oxygen atoms in total. The molecule has 0 aromatic rings. The topological polar surface area (TPSA) is 60.8 Å². The number of hydrogen-bond donors (Lipinski definition) is 2. The first-order chi connectivity index (χ1) is 7.69. The van der Waals surface area contributed by atoms with Crippen LogP contribution in [-0.4, -0.2) is 46.8 Å². The zero-order valence-electron chi connectivity index (χ0n) is 10.1. The van der Waals surface area contributed by atoms with Crippen molar-refractivity contribution in [1.29, 1.82) is 0 Å². The lowest BCUT2D eigenvalue weighted by Gasteiger charge is -2.15. The largest absolute Gasteiger partial charge is 0.396 e. The van der Waals surface area contributed by atoms with E-state index in [1.165, 1.54) is 12.8 Å². The second-order valence-electron chi connectivity index (χ2n) is 4.62. The Bertz CT molecular complexity index is 220. The summed E-state index contributed by atoms with van der Waals surface area (Å²) in [5.74, 6) is -0.0364. The van der Waals surface area contributed by atoms with Crippen LogP contribution in [0, 0.1) is 5.92 Å². The van der Waals surface area contributed by atoms with Gasteiger partial charge in [-0.3, -0.25) is 4.79 Å².